The van der Waals surface area contributed by atoms with Gasteiger partial charge in [-0.2, -0.15) is 0 Å². The molecule has 4 heteroatoms. The van der Waals surface area contributed by atoms with Gasteiger partial charge in [-0.25, -0.2) is 0 Å². The Hall–Kier alpha value is -1.55. The molecule has 4 nitrogen and oxygen atoms in total. The summed E-state index contributed by atoms with van der Waals surface area (Å²) in [5, 5.41) is 3.46. The first kappa shape index (κ1) is 13.4. The summed E-state index contributed by atoms with van der Waals surface area (Å²) in [5.41, 5.74) is 1.94. The molecule has 0 radical (unpaired) electrons. The maximum absolute atomic E-state index is 12.6. The van der Waals surface area contributed by atoms with Crippen LogP contribution in [-0.4, -0.2) is 43.1 Å². The molecule has 1 fully saturated rings. The minimum absolute atomic E-state index is 0.135. The van der Waals surface area contributed by atoms with Gasteiger partial charge in [0.1, 0.15) is 5.75 Å². The van der Waals surface area contributed by atoms with E-state index in [4.69, 9.17) is 4.74 Å². The second kappa shape index (κ2) is 5.83. The van der Waals surface area contributed by atoms with E-state index in [9.17, 15) is 4.79 Å². The van der Waals surface area contributed by atoms with E-state index in [1.165, 1.54) is 12.8 Å². The van der Waals surface area contributed by atoms with Gasteiger partial charge in [0.05, 0.1) is 6.61 Å². The number of nitrogens with zero attached hydrogens (tertiary/aromatic N) is 1. The molecule has 1 aromatic carbocycles. The van der Waals surface area contributed by atoms with E-state index in [1.54, 1.807) is 0 Å². The number of hydrogen-bond donors (Lipinski definition) is 1. The van der Waals surface area contributed by atoms with Crippen molar-refractivity contribution in [3.63, 3.8) is 0 Å². The normalized spacial score (nSPS) is 20.6. The molecule has 20 heavy (non-hydrogen) atoms. The van der Waals surface area contributed by atoms with E-state index < -0.39 is 0 Å². The summed E-state index contributed by atoms with van der Waals surface area (Å²) in [4.78, 5) is 14.6. The first-order valence-corrected chi connectivity index (χ1v) is 7.56. The highest BCUT2D eigenvalue weighted by Gasteiger charge is 2.22. The molecule has 2 heterocycles. The van der Waals surface area contributed by atoms with Gasteiger partial charge in [0.25, 0.3) is 5.91 Å². The average molecular weight is 274 g/mol. The highest BCUT2D eigenvalue weighted by Crippen LogP contribution is 2.26. The molecule has 2 aliphatic rings. The molecule has 1 N–H and O–H groups in total. The van der Waals surface area contributed by atoms with Crippen LogP contribution < -0.4 is 10.1 Å². The van der Waals surface area contributed by atoms with Gasteiger partial charge in [-0.1, -0.05) is 0 Å². The summed E-state index contributed by atoms with van der Waals surface area (Å²) >= 11 is 0. The average Bonchev–Trinajstić information content (AvgIpc) is 3.14. The Morgan fingerprint density at radius 2 is 2.40 bits per heavy atom. The maximum Gasteiger partial charge on any atom is 0.253 e. The van der Waals surface area contributed by atoms with Gasteiger partial charge in [0.15, 0.2) is 0 Å². The van der Waals surface area contributed by atoms with Crippen LogP contribution in [0.2, 0.25) is 0 Å². The molecular formula is C16H22N2O2. The lowest BCUT2D eigenvalue weighted by atomic mass is 10.1. The summed E-state index contributed by atoms with van der Waals surface area (Å²) in [7, 11) is 0. The number of fused-ring (bicyclic) bond motifs is 1. The molecule has 2 aliphatic heterocycles. The zero-order chi connectivity index (χ0) is 13.9. The first-order valence-electron chi connectivity index (χ1n) is 7.56. The van der Waals surface area contributed by atoms with E-state index in [2.05, 4.69) is 5.32 Å². The monoisotopic (exact) mass is 274 g/mol. The van der Waals surface area contributed by atoms with Gasteiger partial charge in [-0.05, 0) is 50.1 Å². The Morgan fingerprint density at radius 1 is 1.50 bits per heavy atom. The smallest absolute Gasteiger partial charge is 0.253 e. The van der Waals surface area contributed by atoms with Crippen molar-refractivity contribution in [1.82, 2.24) is 10.2 Å². The summed E-state index contributed by atoms with van der Waals surface area (Å²) in [6.45, 7) is 5.42. The van der Waals surface area contributed by atoms with Crippen LogP contribution in [0.5, 0.6) is 5.75 Å². The molecule has 1 amide bonds. The van der Waals surface area contributed by atoms with Crippen molar-refractivity contribution >= 4 is 5.91 Å². The molecule has 1 unspecified atom stereocenters. The van der Waals surface area contributed by atoms with Crippen LogP contribution in [0.3, 0.4) is 0 Å². The predicted octanol–water partition coefficient (Wildman–Crippen LogP) is 1.84. The second-order valence-corrected chi connectivity index (χ2v) is 5.56. The van der Waals surface area contributed by atoms with Gasteiger partial charge in [0, 0.05) is 31.1 Å². The molecule has 108 valence electrons. The van der Waals surface area contributed by atoms with Crippen molar-refractivity contribution in [2.75, 3.05) is 26.2 Å². The molecule has 1 saturated heterocycles. The third-order valence-electron chi connectivity index (χ3n) is 4.21. The number of ether oxygens (including phenoxy) is 1. The van der Waals surface area contributed by atoms with Gasteiger partial charge < -0.3 is 15.0 Å². The third kappa shape index (κ3) is 2.66. The highest BCUT2D eigenvalue weighted by atomic mass is 16.5. The van der Waals surface area contributed by atoms with E-state index in [0.717, 1.165) is 49.5 Å². The fourth-order valence-corrected chi connectivity index (χ4v) is 3.04. The number of amides is 1. The molecule has 1 aromatic rings. The second-order valence-electron chi connectivity index (χ2n) is 5.56. The number of hydrogen-bond acceptors (Lipinski definition) is 3. The van der Waals surface area contributed by atoms with E-state index in [0.29, 0.717) is 6.04 Å². The highest BCUT2D eigenvalue weighted by molar-refractivity contribution is 5.94. The Morgan fingerprint density at radius 3 is 3.15 bits per heavy atom. The van der Waals surface area contributed by atoms with E-state index in [-0.39, 0.29) is 5.91 Å². The van der Waals surface area contributed by atoms with Crippen LogP contribution in [-0.2, 0) is 6.42 Å². The van der Waals surface area contributed by atoms with Crippen LogP contribution in [0.15, 0.2) is 18.2 Å². The Kier molecular flexibility index (Phi) is 3.92. The largest absolute Gasteiger partial charge is 0.493 e. The molecule has 0 aliphatic carbocycles. The molecule has 0 spiro atoms. The number of nitrogens with one attached hydrogen (secondary N) is 1. The molecule has 3 rings (SSSR count). The Labute approximate surface area is 120 Å². The fourth-order valence-electron chi connectivity index (χ4n) is 3.04. The molecule has 0 bridgehead atoms. The van der Waals surface area contributed by atoms with Gasteiger partial charge in [0.2, 0.25) is 0 Å². The lowest BCUT2D eigenvalue weighted by molar-refractivity contribution is 0.0751. The van der Waals surface area contributed by atoms with E-state index >= 15 is 0 Å². The third-order valence-corrected chi connectivity index (χ3v) is 4.21. The van der Waals surface area contributed by atoms with Crippen molar-refractivity contribution < 1.29 is 9.53 Å². The van der Waals surface area contributed by atoms with Crippen LogP contribution >= 0.6 is 0 Å². The number of benzene rings is 1. The molecule has 0 saturated carbocycles. The minimum atomic E-state index is 0.135. The first-order chi connectivity index (χ1) is 9.78. The number of rotatable bonds is 4. The fraction of sp³-hybridized carbons (Fsp3) is 0.562. The summed E-state index contributed by atoms with van der Waals surface area (Å²) in [5.74, 6) is 1.07. The molecule has 0 aromatic heterocycles. The zero-order valence-electron chi connectivity index (χ0n) is 12.0. The van der Waals surface area contributed by atoms with Gasteiger partial charge in [-0.3, -0.25) is 4.79 Å². The van der Waals surface area contributed by atoms with Crippen molar-refractivity contribution in [3.8, 4) is 5.75 Å². The zero-order valence-corrected chi connectivity index (χ0v) is 12.0. The van der Waals surface area contributed by atoms with E-state index in [1.807, 2.05) is 30.0 Å². The summed E-state index contributed by atoms with van der Waals surface area (Å²) in [6, 6.07) is 6.26. The lowest BCUT2D eigenvalue weighted by Crippen LogP contribution is -2.41. The topological polar surface area (TPSA) is 41.6 Å². The SMILES string of the molecule is CCN(CC1CCCN1)C(=O)c1ccc2c(c1)CCO2. The van der Waals surface area contributed by atoms with Crippen LogP contribution in [0.4, 0.5) is 0 Å². The number of carbonyl (C=O) groups excluding carboxylic acids is 1. The maximum atomic E-state index is 12.6. The predicted molar refractivity (Wildman–Crippen MR) is 78.2 cm³/mol. The quantitative estimate of drug-likeness (QED) is 0.911. The number of likely N-dealkylation sites (N-methyl/N-ethyl adjacent to an activating group) is 1. The molecular weight excluding hydrogens is 252 g/mol. The van der Waals surface area contributed by atoms with Gasteiger partial charge >= 0.3 is 0 Å². The van der Waals surface area contributed by atoms with Crippen molar-refractivity contribution in [2.45, 2.75) is 32.2 Å². The minimum Gasteiger partial charge on any atom is -0.493 e. The molecule has 1 atom stereocenters. The Balaban J connectivity index is 1.72. The van der Waals surface area contributed by atoms with Crippen molar-refractivity contribution in [1.29, 1.82) is 0 Å². The van der Waals surface area contributed by atoms with Crippen LogP contribution in [0.25, 0.3) is 0 Å². The summed E-state index contributed by atoms with van der Waals surface area (Å²) in [6.07, 6.45) is 3.29. The van der Waals surface area contributed by atoms with Crippen molar-refractivity contribution in [2.24, 2.45) is 0 Å². The standard InChI is InChI=1S/C16H22N2O2/c1-2-18(11-14-4-3-8-17-14)16(19)13-5-6-15-12(10-13)7-9-20-15/h5-6,10,14,17H,2-4,7-9,11H2,1H3. The number of carbonyl (C=O) groups is 1. The van der Waals surface area contributed by atoms with Crippen LogP contribution in [0, 0.1) is 0 Å². The van der Waals surface area contributed by atoms with Crippen LogP contribution in [0.1, 0.15) is 35.7 Å². The Bertz CT molecular complexity index is 495. The van der Waals surface area contributed by atoms with Crippen molar-refractivity contribution in [3.05, 3.63) is 29.3 Å². The lowest BCUT2D eigenvalue weighted by Gasteiger charge is -2.24. The summed E-state index contributed by atoms with van der Waals surface area (Å²) < 4.78 is 5.49. The van der Waals surface area contributed by atoms with Gasteiger partial charge in [-0.15, -0.1) is 0 Å².